The maximum atomic E-state index is 11.7. The van der Waals surface area contributed by atoms with Gasteiger partial charge in [-0.1, -0.05) is 11.8 Å². The van der Waals surface area contributed by atoms with Crippen LogP contribution in [0.1, 0.15) is 16.9 Å². The predicted octanol–water partition coefficient (Wildman–Crippen LogP) is 0.995. The lowest BCUT2D eigenvalue weighted by Gasteiger charge is -2.04. The summed E-state index contributed by atoms with van der Waals surface area (Å²) in [6.45, 7) is 0.994. The first-order valence-electron chi connectivity index (χ1n) is 6.17. The Morgan fingerprint density at radius 3 is 3.20 bits per heavy atom. The number of nitrogens with zero attached hydrogens (tertiary/aromatic N) is 2. The third-order valence-corrected chi connectivity index (χ3v) is 3.52. The van der Waals surface area contributed by atoms with Gasteiger partial charge in [0.1, 0.15) is 6.61 Å². The third-order valence-electron chi connectivity index (χ3n) is 2.58. The van der Waals surface area contributed by atoms with Crippen molar-refractivity contribution in [1.82, 2.24) is 14.9 Å². The number of imidazole rings is 1. The van der Waals surface area contributed by atoms with Crippen LogP contribution in [0.5, 0.6) is 0 Å². The second-order valence-electron chi connectivity index (χ2n) is 4.09. The average Bonchev–Trinajstić information content (AvgIpc) is 3.12. The summed E-state index contributed by atoms with van der Waals surface area (Å²) in [7, 11) is 0. The van der Waals surface area contributed by atoms with Crippen molar-refractivity contribution < 1.29 is 9.90 Å². The Bertz CT molecular complexity index is 608. The Labute approximate surface area is 121 Å². The van der Waals surface area contributed by atoms with Crippen molar-refractivity contribution in [3.63, 3.8) is 0 Å². The van der Waals surface area contributed by atoms with Gasteiger partial charge in [-0.25, -0.2) is 4.98 Å². The third kappa shape index (κ3) is 4.53. The monoisotopic (exact) mass is 289 g/mol. The van der Waals surface area contributed by atoms with Gasteiger partial charge in [0.25, 0.3) is 0 Å². The van der Waals surface area contributed by atoms with E-state index in [0.29, 0.717) is 19.5 Å². The first-order chi connectivity index (χ1) is 9.78. The van der Waals surface area contributed by atoms with E-state index >= 15 is 0 Å². The maximum absolute atomic E-state index is 11.7. The Kier molecular flexibility index (Phi) is 5.35. The Morgan fingerprint density at radius 1 is 1.55 bits per heavy atom. The van der Waals surface area contributed by atoms with Gasteiger partial charge in [-0.3, -0.25) is 4.79 Å². The number of aliphatic hydroxyl groups is 1. The van der Waals surface area contributed by atoms with Crippen molar-refractivity contribution >= 4 is 17.2 Å². The zero-order valence-electron chi connectivity index (χ0n) is 10.9. The van der Waals surface area contributed by atoms with Crippen molar-refractivity contribution in [2.45, 2.75) is 19.5 Å². The second-order valence-corrected chi connectivity index (χ2v) is 5.08. The van der Waals surface area contributed by atoms with Crippen molar-refractivity contribution in [1.29, 1.82) is 0 Å². The van der Waals surface area contributed by atoms with Crippen LogP contribution in [0.2, 0.25) is 0 Å². The fourth-order valence-electron chi connectivity index (χ4n) is 1.60. The summed E-state index contributed by atoms with van der Waals surface area (Å²) in [5, 5.41) is 13.4. The highest BCUT2D eigenvalue weighted by Crippen LogP contribution is 2.13. The number of carbonyl (C=O) groups is 1. The van der Waals surface area contributed by atoms with E-state index in [4.69, 9.17) is 5.11 Å². The highest BCUT2D eigenvalue weighted by molar-refractivity contribution is 7.10. The highest BCUT2D eigenvalue weighted by atomic mass is 32.1. The molecule has 0 aromatic carbocycles. The van der Waals surface area contributed by atoms with Crippen LogP contribution < -0.4 is 5.32 Å². The first-order valence-corrected chi connectivity index (χ1v) is 7.05. The molecule has 2 aromatic rings. The van der Waals surface area contributed by atoms with Crippen molar-refractivity contribution in [2.24, 2.45) is 0 Å². The number of aliphatic hydroxyl groups excluding tert-OH is 1. The van der Waals surface area contributed by atoms with Crippen molar-refractivity contribution in [2.75, 3.05) is 6.61 Å². The van der Waals surface area contributed by atoms with Crippen LogP contribution in [0.3, 0.4) is 0 Å². The Balaban J connectivity index is 1.74. The molecule has 2 N–H and O–H groups in total. The molecule has 0 bridgehead atoms. The fourth-order valence-corrected chi connectivity index (χ4v) is 2.36. The minimum Gasteiger partial charge on any atom is -0.384 e. The molecule has 0 saturated carbocycles. The van der Waals surface area contributed by atoms with Gasteiger partial charge in [-0.15, -0.1) is 11.3 Å². The molecular weight excluding hydrogens is 274 g/mol. The van der Waals surface area contributed by atoms with Gasteiger partial charge in [0.2, 0.25) is 5.91 Å². The van der Waals surface area contributed by atoms with Crippen LogP contribution in [0, 0.1) is 11.8 Å². The molecule has 104 valence electrons. The van der Waals surface area contributed by atoms with Crippen LogP contribution >= 0.6 is 11.3 Å². The number of carbonyl (C=O) groups excluding carboxylic acids is 1. The number of hydrogen-bond acceptors (Lipinski definition) is 4. The van der Waals surface area contributed by atoms with Gasteiger partial charge in [0.05, 0.1) is 12.9 Å². The molecule has 1 amide bonds. The summed E-state index contributed by atoms with van der Waals surface area (Å²) in [6.07, 6.45) is 5.65. The van der Waals surface area contributed by atoms with Gasteiger partial charge in [-0.2, -0.15) is 0 Å². The Morgan fingerprint density at radius 2 is 2.45 bits per heavy atom. The molecule has 0 atom stereocenters. The lowest BCUT2D eigenvalue weighted by molar-refractivity contribution is -0.121. The zero-order chi connectivity index (χ0) is 14.2. The molecule has 2 heterocycles. The number of amides is 1. The molecule has 0 aliphatic carbocycles. The van der Waals surface area contributed by atoms with Crippen molar-refractivity contribution in [3.8, 4) is 11.8 Å². The largest absolute Gasteiger partial charge is 0.384 e. The number of aryl methyl sites for hydroxylation is 1. The SMILES string of the molecule is O=C(CCn1ccnc1)NCc1cc(C#CCO)cs1. The first kappa shape index (κ1) is 14.3. The summed E-state index contributed by atoms with van der Waals surface area (Å²) in [6, 6.07) is 1.92. The van der Waals surface area contributed by atoms with E-state index in [0.717, 1.165) is 10.4 Å². The van der Waals surface area contributed by atoms with Gasteiger partial charge < -0.3 is 15.0 Å². The van der Waals surface area contributed by atoms with E-state index in [1.807, 2.05) is 22.2 Å². The van der Waals surface area contributed by atoms with E-state index in [1.54, 1.807) is 23.9 Å². The molecule has 0 saturated heterocycles. The molecule has 20 heavy (non-hydrogen) atoms. The van der Waals surface area contributed by atoms with Gasteiger partial charge in [-0.05, 0) is 6.07 Å². The standard InChI is InChI=1S/C14H15N3O2S/c18-7-1-2-12-8-13(20-10-12)9-16-14(19)3-5-17-6-4-15-11-17/h4,6,8,10-11,18H,3,5,7,9H2,(H,16,19). The Hall–Kier alpha value is -2.10. The molecule has 0 aliphatic rings. The number of aromatic nitrogens is 2. The molecule has 0 aliphatic heterocycles. The van der Waals surface area contributed by atoms with E-state index in [2.05, 4.69) is 22.1 Å². The summed E-state index contributed by atoms with van der Waals surface area (Å²) >= 11 is 1.54. The summed E-state index contributed by atoms with van der Waals surface area (Å²) in [5.74, 6) is 5.44. The topological polar surface area (TPSA) is 67.2 Å². The molecule has 0 radical (unpaired) electrons. The van der Waals surface area contributed by atoms with Crippen molar-refractivity contribution in [3.05, 3.63) is 40.6 Å². The van der Waals surface area contributed by atoms with Crippen LogP contribution in [-0.2, 0) is 17.9 Å². The second kappa shape index (κ2) is 7.48. The number of nitrogens with one attached hydrogen (secondary N) is 1. The zero-order valence-corrected chi connectivity index (χ0v) is 11.7. The molecule has 2 aromatic heterocycles. The molecule has 5 nitrogen and oxygen atoms in total. The summed E-state index contributed by atoms with van der Waals surface area (Å²) in [5.41, 5.74) is 0.867. The highest BCUT2D eigenvalue weighted by Gasteiger charge is 2.03. The van der Waals surface area contributed by atoms with E-state index < -0.39 is 0 Å². The van der Waals surface area contributed by atoms with E-state index in [-0.39, 0.29) is 12.5 Å². The maximum Gasteiger partial charge on any atom is 0.222 e. The minimum absolute atomic E-state index is 0.00934. The minimum atomic E-state index is -0.143. The summed E-state index contributed by atoms with van der Waals surface area (Å²) < 4.78 is 1.87. The van der Waals surface area contributed by atoms with E-state index in [9.17, 15) is 4.79 Å². The fraction of sp³-hybridized carbons (Fsp3) is 0.286. The molecule has 0 fully saturated rings. The predicted molar refractivity (Wildman–Crippen MR) is 77.0 cm³/mol. The number of hydrogen-bond donors (Lipinski definition) is 2. The van der Waals surface area contributed by atoms with Gasteiger partial charge in [0, 0.05) is 41.2 Å². The van der Waals surface area contributed by atoms with Gasteiger partial charge in [0.15, 0.2) is 0 Å². The normalized spacial score (nSPS) is 9.85. The molecular formula is C14H15N3O2S. The van der Waals surface area contributed by atoms with E-state index in [1.165, 1.54) is 0 Å². The lowest BCUT2D eigenvalue weighted by Crippen LogP contribution is -2.23. The van der Waals surface area contributed by atoms with Crippen LogP contribution in [0.15, 0.2) is 30.2 Å². The van der Waals surface area contributed by atoms with Crippen LogP contribution in [-0.4, -0.2) is 27.2 Å². The lowest BCUT2D eigenvalue weighted by atomic mass is 10.3. The average molecular weight is 289 g/mol. The van der Waals surface area contributed by atoms with Gasteiger partial charge >= 0.3 is 0 Å². The molecule has 2 rings (SSSR count). The number of thiophene rings is 1. The van der Waals surface area contributed by atoms with Crippen LogP contribution in [0.25, 0.3) is 0 Å². The number of rotatable bonds is 5. The smallest absolute Gasteiger partial charge is 0.222 e. The van der Waals surface area contributed by atoms with Crippen LogP contribution in [0.4, 0.5) is 0 Å². The molecule has 0 unspecified atom stereocenters. The molecule has 6 heteroatoms. The molecule has 0 spiro atoms. The quantitative estimate of drug-likeness (QED) is 0.807. The summed E-state index contributed by atoms with van der Waals surface area (Å²) in [4.78, 5) is 16.7.